The summed E-state index contributed by atoms with van der Waals surface area (Å²) >= 11 is 0. The van der Waals surface area contributed by atoms with Crippen LogP contribution in [0, 0.1) is 11.8 Å². The maximum absolute atomic E-state index is 3.79. The lowest BCUT2D eigenvalue weighted by Crippen LogP contribution is -2.41. The van der Waals surface area contributed by atoms with Gasteiger partial charge in [0.1, 0.15) is 0 Å². The zero-order valence-electron chi connectivity index (χ0n) is 12.0. The van der Waals surface area contributed by atoms with E-state index in [0.29, 0.717) is 0 Å². The van der Waals surface area contributed by atoms with Crippen molar-refractivity contribution in [2.24, 2.45) is 11.8 Å². The first-order valence-corrected chi connectivity index (χ1v) is 8.34. The Hall–Kier alpha value is -0.0800. The predicted molar refractivity (Wildman–Crippen MR) is 76.7 cm³/mol. The molecule has 2 atom stereocenters. The minimum absolute atomic E-state index is 0.824. The van der Waals surface area contributed by atoms with Crippen LogP contribution in [0.1, 0.15) is 58.3 Å². The normalized spacial score (nSPS) is 32.3. The fourth-order valence-corrected chi connectivity index (χ4v) is 3.60. The van der Waals surface area contributed by atoms with Crippen molar-refractivity contribution in [3.05, 3.63) is 0 Å². The molecule has 3 aliphatic rings. The van der Waals surface area contributed by atoms with Crippen LogP contribution in [0.2, 0.25) is 0 Å². The summed E-state index contributed by atoms with van der Waals surface area (Å²) in [6.45, 7) is 6.30. The maximum Gasteiger partial charge on any atom is 0.0107 e. The van der Waals surface area contributed by atoms with Crippen LogP contribution in [0.15, 0.2) is 0 Å². The molecule has 3 fully saturated rings. The fraction of sp³-hybridized carbons (Fsp3) is 1.00. The molecule has 1 N–H and O–H groups in total. The van der Waals surface area contributed by atoms with Gasteiger partial charge in [-0.3, -0.25) is 4.90 Å². The van der Waals surface area contributed by atoms with Crippen molar-refractivity contribution in [3.8, 4) is 0 Å². The van der Waals surface area contributed by atoms with Gasteiger partial charge in [0, 0.05) is 25.2 Å². The Kier molecular flexibility index (Phi) is 4.25. The minimum atomic E-state index is 0.824. The lowest BCUT2D eigenvalue weighted by Gasteiger charge is -2.29. The van der Waals surface area contributed by atoms with Gasteiger partial charge in [-0.2, -0.15) is 0 Å². The molecule has 0 aromatic heterocycles. The first-order valence-electron chi connectivity index (χ1n) is 8.34. The van der Waals surface area contributed by atoms with E-state index in [1.54, 1.807) is 0 Å². The SMILES string of the molecule is CCCNC1CCCC1CN(CC1CC1)C1CC1. The monoisotopic (exact) mass is 250 g/mol. The van der Waals surface area contributed by atoms with Gasteiger partial charge in [-0.25, -0.2) is 0 Å². The van der Waals surface area contributed by atoms with Crippen molar-refractivity contribution in [2.45, 2.75) is 70.4 Å². The number of hydrogen-bond acceptors (Lipinski definition) is 2. The van der Waals surface area contributed by atoms with E-state index in [0.717, 1.165) is 23.9 Å². The summed E-state index contributed by atoms with van der Waals surface area (Å²) in [6.07, 6.45) is 11.6. The van der Waals surface area contributed by atoms with Gasteiger partial charge in [-0.05, 0) is 63.3 Å². The molecule has 0 aromatic rings. The zero-order valence-corrected chi connectivity index (χ0v) is 12.0. The summed E-state index contributed by atoms with van der Waals surface area (Å²) in [7, 11) is 0. The van der Waals surface area contributed by atoms with Crippen molar-refractivity contribution in [3.63, 3.8) is 0 Å². The molecule has 0 bridgehead atoms. The maximum atomic E-state index is 3.79. The second-order valence-corrected chi connectivity index (χ2v) is 6.88. The first-order chi connectivity index (χ1) is 8.86. The highest BCUT2D eigenvalue weighted by atomic mass is 15.2. The fourth-order valence-electron chi connectivity index (χ4n) is 3.60. The molecule has 3 saturated carbocycles. The van der Waals surface area contributed by atoms with Gasteiger partial charge >= 0.3 is 0 Å². The standard InChI is InChI=1S/C16H30N2/c1-2-10-17-16-5-3-4-14(16)12-18(15-8-9-15)11-13-6-7-13/h13-17H,2-12H2,1H3. The molecule has 0 radical (unpaired) electrons. The van der Waals surface area contributed by atoms with E-state index in [4.69, 9.17) is 0 Å². The Morgan fingerprint density at radius 1 is 1.00 bits per heavy atom. The molecule has 0 spiro atoms. The van der Waals surface area contributed by atoms with Crippen molar-refractivity contribution >= 4 is 0 Å². The molecule has 0 saturated heterocycles. The van der Waals surface area contributed by atoms with Gasteiger partial charge in [0.05, 0.1) is 0 Å². The minimum Gasteiger partial charge on any atom is -0.314 e. The molecule has 3 rings (SSSR count). The zero-order chi connectivity index (χ0) is 12.4. The number of hydrogen-bond donors (Lipinski definition) is 1. The van der Waals surface area contributed by atoms with Gasteiger partial charge in [-0.15, -0.1) is 0 Å². The molecule has 2 unspecified atom stereocenters. The second-order valence-electron chi connectivity index (χ2n) is 6.88. The summed E-state index contributed by atoms with van der Waals surface area (Å²) in [5.41, 5.74) is 0. The van der Waals surface area contributed by atoms with E-state index in [2.05, 4.69) is 17.1 Å². The highest BCUT2D eigenvalue weighted by molar-refractivity contribution is 4.92. The number of rotatable bonds is 8. The first kappa shape index (κ1) is 12.9. The van der Waals surface area contributed by atoms with Crippen LogP contribution in [0.25, 0.3) is 0 Å². The third-order valence-corrected chi connectivity index (χ3v) is 5.04. The summed E-state index contributed by atoms with van der Waals surface area (Å²) < 4.78 is 0. The molecule has 0 heterocycles. The van der Waals surface area contributed by atoms with Crippen LogP contribution in [-0.4, -0.2) is 36.6 Å². The summed E-state index contributed by atoms with van der Waals surface area (Å²) in [5.74, 6) is 2.00. The van der Waals surface area contributed by atoms with Gasteiger partial charge < -0.3 is 5.32 Å². The lowest BCUT2D eigenvalue weighted by atomic mass is 10.0. The van der Waals surface area contributed by atoms with Crippen LogP contribution >= 0.6 is 0 Å². The van der Waals surface area contributed by atoms with Crippen LogP contribution in [0.3, 0.4) is 0 Å². The van der Waals surface area contributed by atoms with Crippen molar-refractivity contribution < 1.29 is 0 Å². The molecular weight excluding hydrogens is 220 g/mol. The molecule has 0 aromatic carbocycles. The summed E-state index contributed by atoms with van der Waals surface area (Å²) in [5, 5.41) is 3.79. The molecule has 0 aliphatic heterocycles. The van der Waals surface area contributed by atoms with Crippen molar-refractivity contribution in [1.82, 2.24) is 10.2 Å². The quantitative estimate of drug-likeness (QED) is 0.712. The van der Waals surface area contributed by atoms with Gasteiger partial charge in [0.15, 0.2) is 0 Å². The number of nitrogens with zero attached hydrogens (tertiary/aromatic N) is 1. The third kappa shape index (κ3) is 3.48. The van der Waals surface area contributed by atoms with Crippen molar-refractivity contribution in [1.29, 1.82) is 0 Å². The predicted octanol–water partition coefficient (Wildman–Crippen LogP) is 3.03. The third-order valence-electron chi connectivity index (χ3n) is 5.04. The molecule has 0 amide bonds. The van der Waals surface area contributed by atoms with E-state index < -0.39 is 0 Å². The lowest BCUT2D eigenvalue weighted by molar-refractivity contribution is 0.197. The molecular formula is C16H30N2. The van der Waals surface area contributed by atoms with E-state index >= 15 is 0 Å². The largest absolute Gasteiger partial charge is 0.314 e. The van der Waals surface area contributed by atoms with Crippen LogP contribution in [-0.2, 0) is 0 Å². The van der Waals surface area contributed by atoms with Gasteiger partial charge in [0.2, 0.25) is 0 Å². The molecule has 104 valence electrons. The Bertz CT molecular complexity index is 258. The van der Waals surface area contributed by atoms with E-state index in [-0.39, 0.29) is 0 Å². The van der Waals surface area contributed by atoms with E-state index in [1.807, 2.05) is 0 Å². The average molecular weight is 250 g/mol. The highest BCUT2D eigenvalue weighted by Crippen LogP contribution is 2.37. The van der Waals surface area contributed by atoms with Crippen LogP contribution in [0.5, 0.6) is 0 Å². The second kappa shape index (κ2) is 5.92. The van der Waals surface area contributed by atoms with Gasteiger partial charge in [0.25, 0.3) is 0 Å². The smallest absolute Gasteiger partial charge is 0.0107 e. The Morgan fingerprint density at radius 2 is 1.83 bits per heavy atom. The molecule has 2 nitrogen and oxygen atoms in total. The molecule has 18 heavy (non-hydrogen) atoms. The Labute approximate surface area is 113 Å². The van der Waals surface area contributed by atoms with Gasteiger partial charge in [-0.1, -0.05) is 13.3 Å². The summed E-state index contributed by atoms with van der Waals surface area (Å²) in [4.78, 5) is 2.86. The van der Waals surface area contributed by atoms with Crippen LogP contribution in [0.4, 0.5) is 0 Å². The molecule has 3 aliphatic carbocycles. The Balaban J connectivity index is 1.48. The summed E-state index contributed by atoms with van der Waals surface area (Å²) in [6, 6.07) is 1.79. The van der Waals surface area contributed by atoms with E-state index in [9.17, 15) is 0 Å². The molecule has 2 heteroatoms. The van der Waals surface area contributed by atoms with Crippen LogP contribution < -0.4 is 5.32 Å². The number of nitrogens with one attached hydrogen (secondary N) is 1. The highest BCUT2D eigenvalue weighted by Gasteiger charge is 2.37. The van der Waals surface area contributed by atoms with Crippen molar-refractivity contribution in [2.75, 3.05) is 19.6 Å². The average Bonchev–Trinajstić information content (AvgIpc) is 3.26. The van der Waals surface area contributed by atoms with E-state index in [1.165, 1.54) is 71.0 Å². The topological polar surface area (TPSA) is 15.3 Å². The Morgan fingerprint density at radius 3 is 2.50 bits per heavy atom.